The van der Waals surface area contributed by atoms with Gasteiger partial charge in [0, 0.05) is 11.0 Å². The van der Waals surface area contributed by atoms with Gasteiger partial charge >= 0.3 is 6.03 Å². The zero-order valence-electron chi connectivity index (χ0n) is 10.3. The molecule has 2 amide bonds. The second kappa shape index (κ2) is 7.33. The first kappa shape index (κ1) is 14.0. The third-order valence-electron chi connectivity index (χ3n) is 2.53. The zero-order chi connectivity index (χ0) is 12.7. The van der Waals surface area contributed by atoms with Crippen molar-refractivity contribution in [2.75, 3.05) is 6.54 Å². The Balaban J connectivity index is 2.40. The largest absolute Gasteiger partial charge is 0.338 e. The molecule has 0 saturated heterocycles. The van der Waals surface area contributed by atoms with Crippen LogP contribution in [0.2, 0.25) is 0 Å². The molecule has 17 heavy (non-hydrogen) atoms. The molecule has 0 aliphatic rings. The van der Waals surface area contributed by atoms with Gasteiger partial charge in [-0.2, -0.15) is 0 Å². The summed E-state index contributed by atoms with van der Waals surface area (Å²) in [7, 11) is 0. The predicted octanol–water partition coefficient (Wildman–Crippen LogP) is 3.61. The van der Waals surface area contributed by atoms with E-state index in [1.807, 2.05) is 31.2 Å². The van der Waals surface area contributed by atoms with E-state index < -0.39 is 0 Å². The lowest BCUT2D eigenvalue weighted by Crippen LogP contribution is -2.37. The van der Waals surface area contributed by atoms with Gasteiger partial charge in [-0.1, -0.05) is 41.4 Å². The summed E-state index contributed by atoms with van der Waals surface area (Å²) in [5.41, 5.74) is 1.10. The summed E-state index contributed by atoms with van der Waals surface area (Å²) in [6.45, 7) is 4.81. The number of unbranched alkanes of at least 4 members (excludes halogenated alkanes) is 1. The number of halogens is 1. The average Bonchev–Trinajstić information content (AvgIpc) is 2.30. The lowest BCUT2D eigenvalue weighted by Gasteiger charge is -2.15. The molecule has 1 aromatic carbocycles. The fourth-order valence-electron chi connectivity index (χ4n) is 1.46. The van der Waals surface area contributed by atoms with Crippen LogP contribution in [0.25, 0.3) is 0 Å². The van der Waals surface area contributed by atoms with Gasteiger partial charge in [0.1, 0.15) is 0 Å². The van der Waals surface area contributed by atoms with Crippen molar-refractivity contribution in [3.63, 3.8) is 0 Å². The first-order valence-electron chi connectivity index (χ1n) is 5.93. The first-order chi connectivity index (χ1) is 8.13. The molecule has 0 aromatic heterocycles. The standard InChI is InChI=1S/C13H19BrN2O/c1-3-4-9-15-13(17)16-10(2)11-5-7-12(14)8-6-11/h5-8,10H,3-4,9H2,1-2H3,(H2,15,16,17)/t10-/m0/s1. The number of hydrogen-bond donors (Lipinski definition) is 2. The lowest BCUT2D eigenvalue weighted by molar-refractivity contribution is 0.238. The van der Waals surface area contributed by atoms with Crippen LogP contribution < -0.4 is 10.6 Å². The SMILES string of the molecule is CCCCNC(=O)N[C@@H](C)c1ccc(Br)cc1. The van der Waals surface area contributed by atoms with Gasteiger partial charge in [0.25, 0.3) is 0 Å². The quantitative estimate of drug-likeness (QED) is 0.801. The minimum atomic E-state index is -0.103. The Kier molecular flexibility index (Phi) is 6.05. The van der Waals surface area contributed by atoms with E-state index in [1.165, 1.54) is 0 Å². The van der Waals surface area contributed by atoms with Crippen molar-refractivity contribution in [2.45, 2.75) is 32.7 Å². The maximum Gasteiger partial charge on any atom is 0.315 e. The number of benzene rings is 1. The molecular weight excluding hydrogens is 280 g/mol. The smallest absolute Gasteiger partial charge is 0.315 e. The number of amides is 2. The van der Waals surface area contributed by atoms with Crippen molar-refractivity contribution >= 4 is 22.0 Å². The molecule has 0 radical (unpaired) electrons. The molecule has 1 rings (SSSR count). The van der Waals surface area contributed by atoms with Crippen LogP contribution in [-0.2, 0) is 0 Å². The number of hydrogen-bond acceptors (Lipinski definition) is 1. The van der Waals surface area contributed by atoms with E-state index in [4.69, 9.17) is 0 Å². The number of carbonyl (C=O) groups is 1. The van der Waals surface area contributed by atoms with Crippen LogP contribution in [0.1, 0.15) is 38.3 Å². The molecule has 0 heterocycles. The molecular formula is C13H19BrN2O. The van der Waals surface area contributed by atoms with Gasteiger partial charge in [0.15, 0.2) is 0 Å². The van der Waals surface area contributed by atoms with E-state index in [2.05, 4.69) is 33.5 Å². The number of carbonyl (C=O) groups excluding carboxylic acids is 1. The van der Waals surface area contributed by atoms with Crippen LogP contribution in [0.5, 0.6) is 0 Å². The Morgan fingerprint density at radius 1 is 1.35 bits per heavy atom. The molecule has 0 spiro atoms. The number of rotatable bonds is 5. The molecule has 4 heteroatoms. The summed E-state index contributed by atoms with van der Waals surface area (Å²) in [6.07, 6.45) is 2.10. The monoisotopic (exact) mass is 298 g/mol. The molecule has 1 aromatic rings. The van der Waals surface area contributed by atoms with Crippen LogP contribution in [0.3, 0.4) is 0 Å². The molecule has 0 saturated carbocycles. The van der Waals surface area contributed by atoms with Gasteiger partial charge in [-0.05, 0) is 31.0 Å². The van der Waals surface area contributed by atoms with Crippen molar-refractivity contribution < 1.29 is 4.79 Å². The highest BCUT2D eigenvalue weighted by Crippen LogP contribution is 2.16. The highest BCUT2D eigenvalue weighted by atomic mass is 79.9. The van der Waals surface area contributed by atoms with Crippen molar-refractivity contribution in [2.24, 2.45) is 0 Å². The summed E-state index contributed by atoms with van der Waals surface area (Å²) in [5, 5.41) is 5.75. The fraction of sp³-hybridized carbons (Fsp3) is 0.462. The minimum absolute atomic E-state index is 0.0183. The molecule has 0 unspecified atom stereocenters. The summed E-state index contributed by atoms with van der Waals surface area (Å²) in [4.78, 5) is 11.5. The van der Waals surface area contributed by atoms with E-state index >= 15 is 0 Å². The van der Waals surface area contributed by atoms with Crippen molar-refractivity contribution in [1.82, 2.24) is 10.6 Å². The van der Waals surface area contributed by atoms with Gasteiger partial charge in [-0.25, -0.2) is 4.79 Å². The lowest BCUT2D eigenvalue weighted by atomic mass is 10.1. The van der Waals surface area contributed by atoms with E-state index in [9.17, 15) is 4.79 Å². The third-order valence-corrected chi connectivity index (χ3v) is 3.06. The molecule has 0 bridgehead atoms. The molecule has 2 N–H and O–H groups in total. The van der Waals surface area contributed by atoms with Gasteiger partial charge < -0.3 is 10.6 Å². The topological polar surface area (TPSA) is 41.1 Å². The van der Waals surface area contributed by atoms with E-state index in [0.717, 1.165) is 29.4 Å². The van der Waals surface area contributed by atoms with Crippen LogP contribution >= 0.6 is 15.9 Å². The fourth-order valence-corrected chi connectivity index (χ4v) is 1.73. The average molecular weight is 299 g/mol. The summed E-state index contributed by atoms with van der Waals surface area (Å²) >= 11 is 3.39. The molecule has 0 aliphatic carbocycles. The Morgan fingerprint density at radius 2 is 2.00 bits per heavy atom. The van der Waals surface area contributed by atoms with Crippen molar-refractivity contribution in [3.05, 3.63) is 34.3 Å². The maximum atomic E-state index is 11.5. The van der Waals surface area contributed by atoms with Gasteiger partial charge in [-0.15, -0.1) is 0 Å². The number of urea groups is 1. The zero-order valence-corrected chi connectivity index (χ0v) is 11.9. The van der Waals surface area contributed by atoms with E-state index in [1.54, 1.807) is 0 Å². The molecule has 3 nitrogen and oxygen atoms in total. The summed E-state index contributed by atoms with van der Waals surface area (Å²) in [5.74, 6) is 0. The van der Waals surface area contributed by atoms with Gasteiger partial charge in [0.2, 0.25) is 0 Å². The Morgan fingerprint density at radius 3 is 2.59 bits per heavy atom. The predicted molar refractivity (Wildman–Crippen MR) is 74.0 cm³/mol. The molecule has 0 aliphatic heterocycles. The Labute approximate surface area is 111 Å². The highest BCUT2D eigenvalue weighted by molar-refractivity contribution is 9.10. The third kappa shape index (κ3) is 5.22. The van der Waals surface area contributed by atoms with Crippen LogP contribution in [0.4, 0.5) is 4.79 Å². The van der Waals surface area contributed by atoms with Gasteiger partial charge in [0.05, 0.1) is 6.04 Å². The second-order valence-corrected chi connectivity index (χ2v) is 4.94. The first-order valence-corrected chi connectivity index (χ1v) is 6.72. The molecule has 0 fully saturated rings. The Bertz CT molecular complexity index is 351. The van der Waals surface area contributed by atoms with Crippen LogP contribution in [-0.4, -0.2) is 12.6 Å². The highest BCUT2D eigenvalue weighted by Gasteiger charge is 2.08. The summed E-state index contributed by atoms with van der Waals surface area (Å²) in [6, 6.07) is 7.87. The normalized spacial score (nSPS) is 11.9. The summed E-state index contributed by atoms with van der Waals surface area (Å²) < 4.78 is 1.04. The van der Waals surface area contributed by atoms with Crippen LogP contribution in [0, 0.1) is 0 Å². The second-order valence-electron chi connectivity index (χ2n) is 4.03. The van der Waals surface area contributed by atoms with E-state index in [0.29, 0.717) is 0 Å². The molecule has 1 atom stereocenters. The van der Waals surface area contributed by atoms with Crippen molar-refractivity contribution in [3.8, 4) is 0 Å². The Hall–Kier alpha value is -1.03. The van der Waals surface area contributed by atoms with Gasteiger partial charge in [-0.3, -0.25) is 0 Å². The molecule has 94 valence electrons. The van der Waals surface area contributed by atoms with Crippen molar-refractivity contribution in [1.29, 1.82) is 0 Å². The van der Waals surface area contributed by atoms with Crippen LogP contribution in [0.15, 0.2) is 28.7 Å². The van der Waals surface area contributed by atoms with E-state index in [-0.39, 0.29) is 12.1 Å². The maximum absolute atomic E-state index is 11.5. The number of nitrogens with one attached hydrogen (secondary N) is 2. The minimum Gasteiger partial charge on any atom is -0.338 e.